The standard InChI is InChI=1S/C12H21F3N2OS.ClH/c13-12(14,15)19-9-11(18)17-8-7-16-10-5-3-1-2-4-6-10;/h10,16H,1-9H2,(H,17,18);1H. The van der Waals surface area contributed by atoms with E-state index >= 15 is 0 Å². The van der Waals surface area contributed by atoms with Crippen molar-refractivity contribution in [2.45, 2.75) is 50.1 Å². The number of thioether (sulfide) groups is 1. The summed E-state index contributed by atoms with van der Waals surface area (Å²) in [5.41, 5.74) is -4.34. The van der Waals surface area contributed by atoms with Crippen molar-refractivity contribution in [1.82, 2.24) is 10.6 Å². The van der Waals surface area contributed by atoms with Crippen LogP contribution in [0.5, 0.6) is 0 Å². The highest BCUT2D eigenvalue weighted by Crippen LogP contribution is 2.29. The zero-order chi connectivity index (χ0) is 14.1. The number of alkyl halides is 3. The summed E-state index contributed by atoms with van der Waals surface area (Å²) < 4.78 is 35.6. The van der Waals surface area contributed by atoms with E-state index in [4.69, 9.17) is 0 Å². The molecule has 1 aliphatic rings. The summed E-state index contributed by atoms with van der Waals surface area (Å²) in [6, 6.07) is 0.490. The van der Waals surface area contributed by atoms with E-state index in [1.807, 2.05) is 0 Å². The van der Waals surface area contributed by atoms with Crippen molar-refractivity contribution in [2.24, 2.45) is 0 Å². The Labute approximate surface area is 128 Å². The van der Waals surface area contributed by atoms with Gasteiger partial charge in [0.05, 0.1) is 5.75 Å². The first kappa shape index (κ1) is 19.9. The van der Waals surface area contributed by atoms with Crippen LogP contribution in [0.4, 0.5) is 13.2 Å². The van der Waals surface area contributed by atoms with Crippen molar-refractivity contribution < 1.29 is 18.0 Å². The number of nitrogens with one attached hydrogen (secondary N) is 2. The third kappa shape index (κ3) is 10.6. The summed E-state index contributed by atoms with van der Waals surface area (Å²) in [6.07, 6.45) is 7.32. The van der Waals surface area contributed by atoms with Gasteiger partial charge in [-0.05, 0) is 24.6 Å². The highest BCUT2D eigenvalue weighted by Gasteiger charge is 2.29. The average Bonchev–Trinajstić information content (AvgIpc) is 2.60. The van der Waals surface area contributed by atoms with Crippen LogP contribution in [0.3, 0.4) is 0 Å². The largest absolute Gasteiger partial charge is 0.442 e. The molecule has 1 saturated carbocycles. The molecule has 0 aromatic rings. The Bertz CT molecular complexity index is 272. The molecule has 0 radical (unpaired) electrons. The minimum Gasteiger partial charge on any atom is -0.354 e. The lowest BCUT2D eigenvalue weighted by molar-refractivity contribution is -0.118. The monoisotopic (exact) mass is 334 g/mol. The fourth-order valence-corrected chi connectivity index (χ4v) is 2.56. The van der Waals surface area contributed by atoms with Crippen LogP contribution in [-0.4, -0.2) is 36.3 Å². The van der Waals surface area contributed by atoms with Gasteiger partial charge in [-0.3, -0.25) is 4.79 Å². The molecule has 8 heteroatoms. The molecule has 0 bridgehead atoms. The fourth-order valence-electron chi connectivity index (χ4n) is 2.16. The zero-order valence-electron chi connectivity index (χ0n) is 11.3. The van der Waals surface area contributed by atoms with Crippen molar-refractivity contribution in [3.05, 3.63) is 0 Å². The minimum absolute atomic E-state index is 0. The van der Waals surface area contributed by atoms with E-state index in [-0.39, 0.29) is 24.2 Å². The first-order valence-electron chi connectivity index (χ1n) is 6.68. The molecule has 3 nitrogen and oxygen atoms in total. The van der Waals surface area contributed by atoms with Crippen molar-refractivity contribution in [2.75, 3.05) is 18.8 Å². The second kappa shape index (κ2) is 10.6. The van der Waals surface area contributed by atoms with Gasteiger partial charge in [0.15, 0.2) is 0 Å². The Morgan fingerprint density at radius 3 is 2.25 bits per heavy atom. The topological polar surface area (TPSA) is 41.1 Å². The third-order valence-electron chi connectivity index (χ3n) is 3.10. The lowest BCUT2D eigenvalue weighted by Crippen LogP contribution is -2.37. The van der Waals surface area contributed by atoms with Gasteiger partial charge in [-0.1, -0.05) is 25.7 Å². The lowest BCUT2D eigenvalue weighted by atomic mass is 10.1. The quantitative estimate of drug-likeness (QED) is 0.579. The third-order valence-corrected chi connectivity index (χ3v) is 3.84. The Morgan fingerprint density at radius 2 is 1.70 bits per heavy atom. The number of carbonyl (C=O) groups excluding carboxylic acids is 1. The Kier molecular flexibility index (Phi) is 10.5. The van der Waals surface area contributed by atoms with Gasteiger partial charge in [-0.15, -0.1) is 12.4 Å². The lowest BCUT2D eigenvalue weighted by Gasteiger charge is -2.16. The van der Waals surface area contributed by atoms with Gasteiger partial charge >= 0.3 is 5.51 Å². The molecule has 1 fully saturated rings. The molecule has 0 spiro atoms. The van der Waals surface area contributed by atoms with Crippen LogP contribution in [0.2, 0.25) is 0 Å². The molecule has 1 aliphatic carbocycles. The van der Waals surface area contributed by atoms with Crippen molar-refractivity contribution in [3.63, 3.8) is 0 Å². The summed E-state index contributed by atoms with van der Waals surface area (Å²) in [6.45, 7) is 1.00. The van der Waals surface area contributed by atoms with Crippen LogP contribution in [-0.2, 0) is 4.79 Å². The highest BCUT2D eigenvalue weighted by molar-refractivity contribution is 8.00. The van der Waals surface area contributed by atoms with Gasteiger partial charge < -0.3 is 10.6 Å². The first-order valence-corrected chi connectivity index (χ1v) is 7.67. The number of hydrogen-bond donors (Lipinski definition) is 2. The molecule has 0 heterocycles. The van der Waals surface area contributed by atoms with Gasteiger partial charge in [0.1, 0.15) is 0 Å². The average molecular weight is 335 g/mol. The van der Waals surface area contributed by atoms with Crippen molar-refractivity contribution in [3.8, 4) is 0 Å². The van der Waals surface area contributed by atoms with E-state index in [0.29, 0.717) is 19.1 Å². The van der Waals surface area contributed by atoms with Gasteiger partial charge in [0.2, 0.25) is 5.91 Å². The SMILES string of the molecule is Cl.O=C(CSC(F)(F)F)NCCNC1CCCCCC1. The molecular formula is C12H22ClF3N2OS. The second-order valence-corrected chi connectivity index (χ2v) is 5.77. The molecule has 0 unspecified atom stereocenters. The van der Waals surface area contributed by atoms with E-state index in [1.165, 1.54) is 25.7 Å². The molecule has 2 N–H and O–H groups in total. The Morgan fingerprint density at radius 1 is 1.10 bits per heavy atom. The van der Waals surface area contributed by atoms with Crippen molar-refractivity contribution >= 4 is 30.1 Å². The number of rotatable bonds is 6. The van der Waals surface area contributed by atoms with E-state index in [0.717, 1.165) is 12.8 Å². The Balaban J connectivity index is 0.00000361. The molecule has 0 atom stereocenters. The van der Waals surface area contributed by atoms with Gasteiger partial charge in [0, 0.05) is 19.1 Å². The van der Waals surface area contributed by atoms with E-state index in [1.54, 1.807) is 0 Å². The van der Waals surface area contributed by atoms with Crippen LogP contribution in [0.1, 0.15) is 38.5 Å². The molecule has 1 amide bonds. The summed E-state index contributed by atoms with van der Waals surface area (Å²) in [4.78, 5) is 11.1. The summed E-state index contributed by atoms with van der Waals surface area (Å²) in [7, 11) is 0. The second-order valence-electron chi connectivity index (χ2n) is 4.73. The molecule has 0 aromatic carbocycles. The predicted octanol–water partition coefficient (Wildman–Crippen LogP) is 3.09. The van der Waals surface area contributed by atoms with Crippen molar-refractivity contribution in [1.29, 1.82) is 0 Å². The molecule has 0 aliphatic heterocycles. The number of halogens is 4. The maximum atomic E-state index is 11.9. The molecule has 1 rings (SSSR count). The highest BCUT2D eigenvalue weighted by atomic mass is 35.5. The van der Waals surface area contributed by atoms with E-state index in [2.05, 4.69) is 10.6 Å². The molecule has 0 aromatic heterocycles. The predicted molar refractivity (Wildman–Crippen MR) is 78.3 cm³/mol. The first-order chi connectivity index (χ1) is 8.97. The molecule has 20 heavy (non-hydrogen) atoms. The van der Waals surface area contributed by atoms with Crippen LogP contribution in [0, 0.1) is 0 Å². The minimum atomic E-state index is -4.34. The van der Waals surface area contributed by atoms with E-state index < -0.39 is 17.2 Å². The normalized spacial score (nSPS) is 17.1. The number of hydrogen-bond acceptors (Lipinski definition) is 3. The summed E-state index contributed by atoms with van der Waals surface area (Å²) in [5.74, 6) is -1.13. The fraction of sp³-hybridized carbons (Fsp3) is 0.917. The van der Waals surface area contributed by atoms with Crippen LogP contribution >= 0.6 is 24.2 Å². The molecule has 0 saturated heterocycles. The number of amides is 1. The molecule has 120 valence electrons. The molecular weight excluding hydrogens is 313 g/mol. The van der Waals surface area contributed by atoms with Gasteiger partial charge in [-0.2, -0.15) is 13.2 Å². The maximum absolute atomic E-state index is 11.9. The summed E-state index contributed by atoms with van der Waals surface area (Å²) >= 11 is -0.302. The zero-order valence-corrected chi connectivity index (χ0v) is 12.9. The number of carbonyl (C=O) groups is 1. The van der Waals surface area contributed by atoms with E-state index in [9.17, 15) is 18.0 Å². The summed E-state index contributed by atoms with van der Waals surface area (Å²) in [5, 5.41) is 5.83. The maximum Gasteiger partial charge on any atom is 0.442 e. The Hall–Kier alpha value is -0.140. The van der Waals surface area contributed by atoms with Crippen LogP contribution in [0.25, 0.3) is 0 Å². The van der Waals surface area contributed by atoms with Gasteiger partial charge in [0.25, 0.3) is 0 Å². The van der Waals surface area contributed by atoms with Crippen LogP contribution < -0.4 is 10.6 Å². The van der Waals surface area contributed by atoms with Crippen LogP contribution in [0.15, 0.2) is 0 Å². The van der Waals surface area contributed by atoms with Gasteiger partial charge in [-0.25, -0.2) is 0 Å². The smallest absolute Gasteiger partial charge is 0.354 e.